The van der Waals surface area contributed by atoms with Gasteiger partial charge < -0.3 is 10.2 Å². The van der Waals surface area contributed by atoms with E-state index in [1.807, 2.05) is 4.90 Å². The van der Waals surface area contributed by atoms with Gasteiger partial charge in [0.1, 0.15) is 5.82 Å². The van der Waals surface area contributed by atoms with E-state index in [0.29, 0.717) is 11.6 Å². The van der Waals surface area contributed by atoms with Crippen molar-refractivity contribution >= 4 is 40.8 Å². The fourth-order valence-corrected chi connectivity index (χ4v) is 2.43. The Labute approximate surface area is 131 Å². The Morgan fingerprint density at radius 1 is 1.10 bits per heavy atom. The Morgan fingerprint density at radius 2 is 1.86 bits per heavy atom. The lowest BCUT2D eigenvalue weighted by atomic mass is 10.3. The lowest BCUT2D eigenvalue weighted by Gasteiger charge is -2.15. The van der Waals surface area contributed by atoms with Gasteiger partial charge in [-0.15, -0.1) is 0 Å². The number of nitrogens with zero attached hydrogens (tertiary/aromatic N) is 4. The summed E-state index contributed by atoms with van der Waals surface area (Å²) in [6.07, 6.45) is 2.21. The summed E-state index contributed by atoms with van der Waals surface area (Å²) in [5.41, 5.74) is 0.492. The van der Waals surface area contributed by atoms with Crippen molar-refractivity contribution in [2.45, 2.75) is 12.8 Å². The summed E-state index contributed by atoms with van der Waals surface area (Å²) in [7, 11) is 0. The number of benzene rings is 1. The van der Waals surface area contributed by atoms with E-state index in [-0.39, 0.29) is 16.3 Å². The first-order valence-electron chi connectivity index (χ1n) is 6.50. The second kappa shape index (κ2) is 5.99. The summed E-state index contributed by atoms with van der Waals surface area (Å²) in [6.45, 7) is 1.80. The molecular formula is C13H12Cl2FN5. The van der Waals surface area contributed by atoms with Crippen molar-refractivity contribution in [1.29, 1.82) is 0 Å². The van der Waals surface area contributed by atoms with Gasteiger partial charge in [-0.3, -0.25) is 0 Å². The van der Waals surface area contributed by atoms with Crippen molar-refractivity contribution in [2.24, 2.45) is 0 Å². The Morgan fingerprint density at radius 3 is 2.57 bits per heavy atom. The van der Waals surface area contributed by atoms with Crippen LogP contribution < -0.4 is 10.2 Å². The van der Waals surface area contributed by atoms with Crippen LogP contribution in [0, 0.1) is 5.82 Å². The van der Waals surface area contributed by atoms with Crippen molar-refractivity contribution in [3.63, 3.8) is 0 Å². The highest BCUT2D eigenvalue weighted by molar-refractivity contribution is 6.30. The molecule has 0 radical (unpaired) electrons. The molecule has 1 fully saturated rings. The zero-order valence-electron chi connectivity index (χ0n) is 11.0. The zero-order valence-corrected chi connectivity index (χ0v) is 12.5. The maximum Gasteiger partial charge on any atom is 0.233 e. The molecule has 3 rings (SSSR count). The Hall–Kier alpha value is -1.66. The maximum absolute atomic E-state index is 13.4. The molecular weight excluding hydrogens is 316 g/mol. The summed E-state index contributed by atoms with van der Waals surface area (Å²) in [4.78, 5) is 14.5. The molecule has 1 saturated heterocycles. The second-order valence-electron chi connectivity index (χ2n) is 4.68. The molecule has 0 saturated carbocycles. The van der Waals surface area contributed by atoms with Gasteiger partial charge in [-0.1, -0.05) is 11.6 Å². The molecule has 5 nitrogen and oxygen atoms in total. The molecule has 1 N–H and O–H groups in total. The van der Waals surface area contributed by atoms with E-state index in [2.05, 4.69) is 20.3 Å². The predicted octanol–water partition coefficient (Wildman–Crippen LogP) is 3.66. The van der Waals surface area contributed by atoms with Crippen LogP contribution in [0.15, 0.2) is 18.2 Å². The van der Waals surface area contributed by atoms with E-state index < -0.39 is 5.82 Å². The molecule has 0 aliphatic carbocycles. The van der Waals surface area contributed by atoms with Gasteiger partial charge in [-0.25, -0.2) is 4.39 Å². The van der Waals surface area contributed by atoms with E-state index in [1.54, 1.807) is 6.07 Å². The maximum atomic E-state index is 13.4. The lowest BCUT2D eigenvalue weighted by molar-refractivity contribution is 0.629. The third kappa shape index (κ3) is 3.33. The number of nitrogens with one attached hydrogen (secondary N) is 1. The van der Waals surface area contributed by atoms with E-state index in [9.17, 15) is 4.39 Å². The van der Waals surface area contributed by atoms with Crippen LogP contribution in [0.1, 0.15) is 12.8 Å². The SMILES string of the molecule is Fc1cc(Nc2nc(Cl)nc(N3CCCC3)n2)ccc1Cl. The number of hydrogen-bond acceptors (Lipinski definition) is 5. The minimum absolute atomic E-state index is 0.0620. The minimum atomic E-state index is -0.512. The van der Waals surface area contributed by atoms with Crippen molar-refractivity contribution in [1.82, 2.24) is 15.0 Å². The number of anilines is 3. The van der Waals surface area contributed by atoms with Crippen LogP contribution in [0.4, 0.5) is 22.0 Å². The summed E-state index contributed by atoms with van der Waals surface area (Å²) in [6, 6.07) is 4.37. The fourth-order valence-electron chi connectivity index (χ4n) is 2.16. The van der Waals surface area contributed by atoms with Crippen LogP contribution in [-0.2, 0) is 0 Å². The zero-order chi connectivity index (χ0) is 14.8. The molecule has 2 aromatic rings. The number of rotatable bonds is 3. The highest BCUT2D eigenvalue weighted by Gasteiger charge is 2.17. The van der Waals surface area contributed by atoms with Crippen molar-refractivity contribution < 1.29 is 4.39 Å². The summed E-state index contributed by atoms with van der Waals surface area (Å²) < 4.78 is 13.4. The number of hydrogen-bond donors (Lipinski definition) is 1. The largest absolute Gasteiger partial charge is 0.341 e. The summed E-state index contributed by atoms with van der Waals surface area (Å²) in [5.74, 6) is 0.296. The molecule has 0 spiro atoms. The van der Waals surface area contributed by atoms with Crippen molar-refractivity contribution in [2.75, 3.05) is 23.3 Å². The van der Waals surface area contributed by atoms with Crippen LogP contribution in [-0.4, -0.2) is 28.0 Å². The molecule has 0 unspecified atom stereocenters. The highest BCUT2D eigenvalue weighted by Crippen LogP contribution is 2.23. The molecule has 8 heteroatoms. The molecule has 1 aliphatic rings. The third-order valence-corrected chi connectivity index (χ3v) is 3.64. The van der Waals surface area contributed by atoms with Crippen molar-refractivity contribution in [3.05, 3.63) is 34.3 Å². The number of aromatic nitrogens is 3. The first kappa shape index (κ1) is 14.3. The smallest absolute Gasteiger partial charge is 0.233 e. The van der Waals surface area contributed by atoms with Gasteiger partial charge in [-0.2, -0.15) is 15.0 Å². The van der Waals surface area contributed by atoms with Crippen LogP contribution in [0.25, 0.3) is 0 Å². The van der Waals surface area contributed by atoms with Crippen LogP contribution >= 0.6 is 23.2 Å². The van der Waals surface area contributed by atoms with Gasteiger partial charge >= 0.3 is 0 Å². The average Bonchev–Trinajstić information content (AvgIpc) is 2.96. The monoisotopic (exact) mass is 327 g/mol. The minimum Gasteiger partial charge on any atom is -0.341 e. The third-order valence-electron chi connectivity index (χ3n) is 3.16. The first-order chi connectivity index (χ1) is 10.1. The van der Waals surface area contributed by atoms with E-state index in [0.717, 1.165) is 25.9 Å². The van der Waals surface area contributed by atoms with Gasteiger partial charge in [-0.05, 0) is 42.6 Å². The van der Waals surface area contributed by atoms with Gasteiger partial charge in [0, 0.05) is 18.8 Å². The molecule has 2 heterocycles. The van der Waals surface area contributed by atoms with Crippen LogP contribution in [0.3, 0.4) is 0 Å². The average molecular weight is 328 g/mol. The molecule has 0 atom stereocenters. The lowest BCUT2D eigenvalue weighted by Crippen LogP contribution is -2.21. The molecule has 110 valence electrons. The molecule has 0 amide bonds. The molecule has 0 bridgehead atoms. The first-order valence-corrected chi connectivity index (χ1v) is 7.26. The van der Waals surface area contributed by atoms with Gasteiger partial charge in [0.2, 0.25) is 17.2 Å². The summed E-state index contributed by atoms with van der Waals surface area (Å²) in [5, 5.41) is 3.07. The van der Waals surface area contributed by atoms with Gasteiger partial charge in [0.25, 0.3) is 0 Å². The standard InChI is InChI=1S/C13H12Cl2FN5/c14-9-4-3-8(7-10(9)16)17-12-18-11(15)19-13(20-12)21-5-1-2-6-21/h3-4,7H,1-2,5-6H2,(H,17,18,19,20). The Bertz CT molecular complexity index is 661. The van der Waals surface area contributed by atoms with Crippen LogP contribution in [0.2, 0.25) is 10.3 Å². The normalized spacial score (nSPS) is 14.5. The second-order valence-corrected chi connectivity index (χ2v) is 5.42. The molecule has 21 heavy (non-hydrogen) atoms. The molecule has 1 aliphatic heterocycles. The van der Waals surface area contributed by atoms with E-state index >= 15 is 0 Å². The molecule has 1 aromatic heterocycles. The predicted molar refractivity (Wildman–Crippen MR) is 81.0 cm³/mol. The highest BCUT2D eigenvalue weighted by atomic mass is 35.5. The van der Waals surface area contributed by atoms with Gasteiger partial charge in [0.05, 0.1) is 5.02 Å². The van der Waals surface area contributed by atoms with Gasteiger partial charge in [0.15, 0.2) is 0 Å². The van der Waals surface area contributed by atoms with Crippen LogP contribution in [0.5, 0.6) is 0 Å². The summed E-state index contributed by atoms with van der Waals surface area (Å²) >= 11 is 11.6. The Kier molecular flexibility index (Phi) is 4.07. The van der Waals surface area contributed by atoms with E-state index in [4.69, 9.17) is 23.2 Å². The topological polar surface area (TPSA) is 53.9 Å². The quantitative estimate of drug-likeness (QED) is 0.932. The fraction of sp³-hybridized carbons (Fsp3) is 0.308. The Balaban J connectivity index is 1.85. The van der Waals surface area contributed by atoms with E-state index in [1.165, 1.54) is 12.1 Å². The van der Waals surface area contributed by atoms with Crippen molar-refractivity contribution in [3.8, 4) is 0 Å². The molecule has 1 aromatic carbocycles. The number of halogens is 3.